The molecule has 46 heavy (non-hydrogen) atoms. The Morgan fingerprint density at radius 2 is 0.804 bits per heavy atom. The Balaban J connectivity index is 0.000000647. The van der Waals surface area contributed by atoms with Crippen LogP contribution in [-0.4, -0.2) is 52.7 Å². The number of hydrogen-bond acceptors (Lipinski definition) is 4. The fourth-order valence-electron chi connectivity index (χ4n) is 5.48. The second kappa shape index (κ2) is 22.1. The molecule has 0 aliphatic rings. The molecule has 5 aromatic rings. The van der Waals surface area contributed by atoms with Gasteiger partial charge >= 0.3 is 69.2 Å². The monoisotopic (exact) mass is 876 g/mol. The van der Waals surface area contributed by atoms with Gasteiger partial charge in [0.1, 0.15) is 11.5 Å². The molecule has 2 nitrogen and oxygen atoms in total. The first-order valence-electron chi connectivity index (χ1n) is 17.8. The van der Waals surface area contributed by atoms with Gasteiger partial charge in [-0.3, -0.25) is 0 Å². The van der Waals surface area contributed by atoms with Crippen LogP contribution in [0.3, 0.4) is 0 Å². The van der Waals surface area contributed by atoms with Crippen LogP contribution in [0.4, 0.5) is 0 Å². The molecule has 2 aromatic heterocycles. The zero-order valence-electron chi connectivity index (χ0n) is 30.2. The third kappa shape index (κ3) is 13.0. The molecule has 2 radical (unpaired) electrons. The molecule has 0 aliphatic heterocycles. The molecule has 3 aromatic carbocycles. The van der Waals surface area contributed by atoms with Gasteiger partial charge in [0.05, 0.1) is 13.2 Å². The number of unbranched alkanes of at least 4 members (excludes halogenated alkanes) is 10. The molecular weight excluding hydrogens is 814 g/mol. The van der Waals surface area contributed by atoms with Crippen molar-refractivity contribution in [2.45, 2.75) is 121 Å². The van der Waals surface area contributed by atoms with Gasteiger partial charge in [0.25, 0.3) is 0 Å². The van der Waals surface area contributed by atoms with Gasteiger partial charge in [-0.1, -0.05) is 78.1 Å². The van der Waals surface area contributed by atoms with Crippen molar-refractivity contribution in [3.8, 4) is 11.5 Å². The number of benzene rings is 3. The summed E-state index contributed by atoms with van der Waals surface area (Å²) in [6.07, 6.45) is 15.2. The summed E-state index contributed by atoms with van der Waals surface area (Å²) in [5.41, 5.74) is 0. The van der Waals surface area contributed by atoms with Gasteiger partial charge in [0.15, 0.2) is 0 Å². The van der Waals surface area contributed by atoms with Crippen LogP contribution in [-0.2, 0) is 0 Å². The Labute approximate surface area is 303 Å². The summed E-state index contributed by atoms with van der Waals surface area (Å²) in [7, 11) is 0. The van der Waals surface area contributed by atoms with Crippen molar-refractivity contribution in [1.29, 1.82) is 0 Å². The number of fused-ring (bicyclic) bond motifs is 4. The first kappa shape index (κ1) is 39.7. The standard InChI is InChI=1S/C34H42O2S2.6CH3.2Sn/c1-3-5-7-9-11-13-17-35-33-27-21-25-15-19-38-32(25)24-30(27)34(36-18-14-12-10-8-6-4-2)28-22-26-16-20-37-31(26)23-29(28)33;;;;;;;;/h15-16,19-24H,3-14,17-18H2,1-2H3;6*1H3;;. The van der Waals surface area contributed by atoms with Crippen LogP contribution in [0, 0.1) is 0 Å². The second-order valence-corrected chi connectivity index (χ2v) is 32.6. The Morgan fingerprint density at radius 3 is 1.17 bits per heavy atom. The van der Waals surface area contributed by atoms with Gasteiger partial charge < -0.3 is 9.47 Å². The van der Waals surface area contributed by atoms with E-state index < -0.39 is 39.5 Å². The van der Waals surface area contributed by atoms with Crippen LogP contribution in [0.5, 0.6) is 11.5 Å². The summed E-state index contributed by atoms with van der Waals surface area (Å²) in [5.74, 6) is 2.05. The zero-order chi connectivity index (χ0) is 33.3. The fraction of sp³-hybridized carbons (Fsp3) is 0.550. The number of ether oxygens (including phenoxy) is 2. The molecule has 2 heterocycles. The number of rotatable bonds is 16. The average Bonchev–Trinajstić information content (AvgIpc) is 3.67. The summed E-state index contributed by atoms with van der Waals surface area (Å²) < 4.78 is 16.0. The topological polar surface area (TPSA) is 18.5 Å². The molecule has 0 fully saturated rings. The van der Waals surface area contributed by atoms with Crippen molar-refractivity contribution in [3.63, 3.8) is 0 Å². The second-order valence-electron chi connectivity index (χ2n) is 13.6. The average molecular weight is 874 g/mol. The van der Waals surface area contributed by atoms with E-state index in [0.29, 0.717) is 0 Å². The predicted octanol–water partition coefficient (Wildman–Crippen LogP) is 14.6. The zero-order valence-corrected chi connectivity index (χ0v) is 37.5. The van der Waals surface area contributed by atoms with Gasteiger partial charge in [0, 0.05) is 30.9 Å². The predicted molar refractivity (Wildman–Crippen MR) is 217 cm³/mol. The number of hydrogen-bond donors (Lipinski definition) is 0. The quantitative estimate of drug-likeness (QED) is 0.0559. The van der Waals surface area contributed by atoms with E-state index in [1.807, 2.05) is 0 Å². The van der Waals surface area contributed by atoms with Crippen molar-refractivity contribution in [2.24, 2.45) is 0 Å². The minimum absolute atomic E-state index is 0.543. The van der Waals surface area contributed by atoms with Crippen LogP contribution in [0.2, 0.25) is 29.6 Å². The van der Waals surface area contributed by atoms with Crippen LogP contribution < -0.4 is 9.47 Å². The Kier molecular flexibility index (Phi) is 19.1. The van der Waals surface area contributed by atoms with Crippen LogP contribution in [0.1, 0.15) is 90.9 Å². The SMILES string of the molecule is CCCCCCCCOc1c2cc3ccsc3cc2c(OCCCCCCCC)c2cc3ccsc3cc12.[CH3][Sn]([CH3])[CH3].[CH3][Sn]([CH3])[CH3]. The first-order chi connectivity index (χ1) is 22.3. The van der Waals surface area contributed by atoms with Gasteiger partial charge in [-0.2, -0.15) is 0 Å². The maximum absolute atomic E-state index is 6.68. The van der Waals surface area contributed by atoms with Gasteiger partial charge in [-0.15, -0.1) is 22.7 Å². The van der Waals surface area contributed by atoms with E-state index in [-0.39, 0.29) is 0 Å². The van der Waals surface area contributed by atoms with E-state index in [9.17, 15) is 0 Å². The summed E-state index contributed by atoms with van der Waals surface area (Å²) in [5, 5.41) is 11.7. The van der Waals surface area contributed by atoms with Crippen molar-refractivity contribution < 1.29 is 9.47 Å². The molecule has 0 amide bonds. The van der Waals surface area contributed by atoms with Crippen LogP contribution in [0.25, 0.3) is 41.7 Å². The van der Waals surface area contributed by atoms with Crippen molar-refractivity contribution in [3.05, 3.63) is 47.2 Å². The normalized spacial score (nSPS) is 11.3. The van der Waals surface area contributed by atoms with E-state index in [2.05, 4.69) is 90.6 Å². The van der Waals surface area contributed by atoms with Crippen molar-refractivity contribution in [2.75, 3.05) is 13.2 Å². The summed E-state index contributed by atoms with van der Waals surface area (Å²) >= 11 is 2.52. The Bertz CT molecular complexity index is 1360. The van der Waals surface area contributed by atoms with E-state index in [1.54, 1.807) is 22.7 Å². The molecule has 0 unspecified atom stereocenters. The van der Waals surface area contributed by atoms with E-state index in [0.717, 1.165) is 37.6 Å². The van der Waals surface area contributed by atoms with E-state index in [4.69, 9.17) is 9.47 Å². The summed E-state index contributed by atoms with van der Waals surface area (Å²) in [6, 6.07) is 13.8. The first-order valence-corrected chi connectivity index (χ1v) is 36.7. The van der Waals surface area contributed by atoms with E-state index >= 15 is 0 Å². The van der Waals surface area contributed by atoms with Crippen LogP contribution in [0.15, 0.2) is 47.2 Å². The van der Waals surface area contributed by atoms with Crippen molar-refractivity contribution >= 4 is 104 Å². The van der Waals surface area contributed by atoms with Crippen LogP contribution >= 0.6 is 22.7 Å². The summed E-state index contributed by atoms with van der Waals surface area (Å²) in [4.78, 5) is 14.2. The van der Waals surface area contributed by atoms with Gasteiger partial charge in [0.2, 0.25) is 0 Å². The molecule has 0 saturated carbocycles. The third-order valence-corrected chi connectivity index (χ3v) is 9.41. The minimum atomic E-state index is -0.543. The van der Waals surface area contributed by atoms with Gasteiger partial charge in [-0.05, 0) is 70.8 Å². The summed E-state index contributed by atoms with van der Waals surface area (Å²) in [6.45, 7) is 6.07. The molecule has 0 N–H and O–H groups in total. The molecule has 6 heteroatoms. The Hall–Kier alpha value is -0.703. The fourth-order valence-corrected chi connectivity index (χ4v) is 7.11. The number of thiophene rings is 2. The molecule has 252 valence electrons. The maximum atomic E-state index is 6.68. The van der Waals surface area contributed by atoms with E-state index in [1.165, 1.54) is 106 Å². The molecule has 0 atom stereocenters. The molecule has 0 saturated heterocycles. The Morgan fingerprint density at radius 1 is 0.478 bits per heavy atom. The van der Waals surface area contributed by atoms with Gasteiger partial charge in [-0.25, -0.2) is 0 Å². The van der Waals surface area contributed by atoms with Crippen molar-refractivity contribution in [1.82, 2.24) is 0 Å². The molecular formula is C40H60O2S2Sn2. The third-order valence-electron chi connectivity index (χ3n) is 7.65. The molecule has 5 rings (SSSR count). The molecule has 0 bridgehead atoms. The molecule has 0 spiro atoms. The molecule has 0 aliphatic carbocycles.